The van der Waals surface area contributed by atoms with Crippen LogP contribution in [0.2, 0.25) is 0 Å². The van der Waals surface area contributed by atoms with E-state index in [0.717, 1.165) is 4.88 Å². The van der Waals surface area contributed by atoms with Crippen LogP contribution in [0.5, 0.6) is 0 Å². The van der Waals surface area contributed by atoms with Crippen LogP contribution in [0.25, 0.3) is 0 Å². The summed E-state index contributed by atoms with van der Waals surface area (Å²) in [6.45, 7) is 2.99. The summed E-state index contributed by atoms with van der Waals surface area (Å²) >= 11 is 1.53. The molecule has 0 fully saturated rings. The van der Waals surface area contributed by atoms with Gasteiger partial charge in [-0.3, -0.25) is 0 Å². The summed E-state index contributed by atoms with van der Waals surface area (Å²) in [7, 11) is -1.88. The molecule has 0 bridgehead atoms. The van der Waals surface area contributed by atoms with Gasteiger partial charge in [-0.05, 0) is 25.3 Å². The van der Waals surface area contributed by atoms with Crippen molar-refractivity contribution in [3.05, 3.63) is 22.4 Å². The molecule has 1 aromatic heterocycles. The molecule has 0 saturated carbocycles. The van der Waals surface area contributed by atoms with E-state index in [1.807, 2.05) is 24.4 Å². The molecule has 1 aromatic rings. The van der Waals surface area contributed by atoms with Gasteiger partial charge in [-0.25, -0.2) is 8.42 Å². The van der Waals surface area contributed by atoms with Crippen molar-refractivity contribution in [2.24, 2.45) is 0 Å². The largest absolute Gasteiger partial charge is 0.395 e. The predicted octanol–water partition coefficient (Wildman–Crippen LogP) is 1.45. The number of rotatable bonds is 5. The van der Waals surface area contributed by atoms with E-state index < -0.39 is 15.3 Å². The molecule has 0 aromatic carbocycles. The van der Waals surface area contributed by atoms with Gasteiger partial charge in [0.2, 0.25) is 10.0 Å². The quantitative estimate of drug-likeness (QED) is 0.875. The Balaban J connectivity index is 2.90. The van der Waals surface area contributed by atoms with Gasteiger partial charge in [0.05, 0.1) is 17.9 Å². The average molecular weight is 263 g/mol. The van der Waals surface area contributed by atoms with E-state index in [-0.39, 0.29) is 12.6 Å². The Morgan fingerprint density at radius 1 is 1.50 bits per heavy atom. The number of aliphatic hydroxyl groups is 1. The highest BCUT2D eigenvalue weighted by Crippen LogP contribution is 2.26. The second-order valence-electron chi connectivity index (χ2n) is 3.75. The van der Waals surface area contributed by atoms with Crippen molar-refractivity contribution in [3.8, 4) is 0 Å². The summed E-state index contributed by atoms with van der Waals surface area (Å²) in [6.07, 6.45) is 0. The lowest BCUT2D eigenvalue weighted by Crippen LogP contribution is -2.37. The molecular formula is C10H17NO3S2. The van der Waals surface area contributed by atoms with Crippen LogP contribution in [0, 0.1) is 0 Å². The van der Waals surface area contributed by atoms with Crippen molar-refractivity contribution in [1.29, 1.82) is 0 Å². The maximum atomic E-state index is 12.0. The van der Waals surface area contributed by atoms with E-state index in [0.29, 0.717) is 0 Å². The Bertz CT molecular complexity index is 413. The predicted molar refractivity (Wildman–Crippen MR) is 66.0 cm³/mol. The molecule has 16 heavy (non-hydrogen) atoms. The topological polar surface area (TPSA) is 57.6 Å². The lowest BCUT2D eigenvalue weighted by molar-refractivity contribution is 0.287. The number of hydrogen-bond acceptors (Lipinski definition) is 4. The van der Waals surface area contributed by atoms with Gasteiger partial charge in [0.15, 0.2) is 0 Å². The zero-order valence-electron chi connectivity index (χ0n) is 9.62. The summed E-state index contributed by atoms with van der Waals surface area (Å²) in [6, 6.07) is 3.61. The molecule has 1 heterocycles. The molecule has 1 N–H and O–H groups in total. The van der Waals surface area contributed by atoms with Gasteiger partial charge in [0.1, 0.15) is 0 Å². The van der Waals surface area contributed by atoms with Crippen LogP contribution in [0.4, 0.5) is 0 Å². The summed E-state index contributed by atoms with van der Waals surface area (Å²) in [5.74, 6) is 0. The number of nitrogens with zero attached hydrogens (tertiary/aromatic N) is 1. The number of aliphatic hydroxyl groups excluding tert-OH is 1. The molecule has 0 amide bonds. The average Bonchev–Trinajstić information content (AvgIpc) is 2.79. The van der Waals surface area contributed by atoms with E-state index in [9.17, 15) is 8.42 Å². The second-order valence-corrected chi connectivity index (χ2v) is 7.14. The van der Waals surface area contributed by atoms with Gasteiger partial charge in [-0.15, -0.1) is 11.3 Å². The Morgan fingerprint density at radius 2 is 2.12 bits per heavy atom. The third-order valence-electron chi connectivity index (χ3n) is 2.67. The van der Waals surface area contributed by atoms with Gasteiger partial charge < -0.3 is 5.11 Å². The van der Waals surface area contributed by atoms with E-state index in [4.69, 9.17) is 5.11 Å². The van der Waals surface area contributed by atoms with Crippen LogP contribution in [0.1, 0.15) is 24.8 Å². The maximum absolute atomic E-state index is 12.0. The van der Waals surface area contributed by atoms with Crippen LogP contribution in [0.15, 0.2) is 17.5 Å². The van der Waals surface area contributed by atoms with Crippen molar-refractivity contribution in [2.45, 2.75) is 25.1 Å². The first-order valence-corrected chi connectivity index (χ1v) is 7.40. The standard InChI is InChI=1S/C10H17NO3S2/c1-8(7-12)16(13,14)11(3)9(2)10-5-4-6-15-10/h4-6,8-9,12H,7H2,1-3H3. The van der Waals surface area contributed by atoms with Crippen molar-refractivity contribution in [1.82, 2.24) is 4.31 Å². The lowest BCUT2D eigenvalue weighted by Gasteiger charge is -2.26. The Labute approximate surface area is 101 Å². The first-order valence-electron chi connectivity index (χ1n) is 5.02. The summed E-state index contributed by atoms with van der Waals surface area (Å²) in [4.78, 5) is 0.996. The van der Waals surface area contributed by atoms with Gasteiger partial charge in [0, 0.05) is 11.9 Å². The van der Waals surface area contributed by atoms with Crippen molar-refractivity contribution < 1.29 is 13.5 Å². The van der Waals surface area contributed by atoms with Gasteiger partial charge in [0.25, 0.3) is 0 Å². The van der Waals surface area contributed by atoms with Gasteiger partial charge in [-0.2, -0.15) is 4.31 Å². The first-order chi connectivity index (χ1) is 7.41. The van der Waals surface area contributed by atoms with Crippen molar-refractivity contribution >= 4 is 21.4 Å². The van der Waals surface area contributed by atoms with Crippen LogP contribution < -0.4 is 0 Å². The second kappa shape index (κ2) is 5.27. The summed E-state index contributed by atoms with van der Waals surface area (Å²) < 4.78 is 25.3. The molecule has 6 heteroatoms. The van der Waals surface area contributed by atoms with Crippen molar-refractivity contribution in [2.75, 3.05) is 13.7 Å². The summed E-state index contributed by atoms with van der Waals surface area (Å²) in [5.41, 5.74) is 0. The smallest absolute Gasteiger partial charge is 0.219 e. The van der Waals surface area contributed by atoms with Crippen molar-refractivity contribution in [3.63, 3.8) is 0 Å². The number of sulfonamides is 1. The van der Waals surface area contributed by atoms with Crippen LogP contribution in [-0.2, 0) is 10.0 Å². The minimum absolute atomic E-state index is 0.195. The maximum Gasteiger partial charge on any atom is 0.219 e. The monoisotopic (exact) mass is 263 g/mol. The highest BCUT2D eigenvalue weighted by atomic mass is 32.2. The third kappa shape index (κ3) is 2.63. The van der Waals surface area contributed by atoms with Gasteiger partial charge >= 0.3 is 0 Å². The Hall–Kier alpha value is -0.430. The number of hydrogen-bond donors (Lipinski definition) is 1. The molecule has 2 unspecified atom stereocenters. The number of thiophene rings is 1. The van der Waals surface area contributed by atoms with E-state index in [1.54, 1.807) is 7.05 Å². The van der Waals surface area contributed by atoms with Crippen LogP contribution in [0.3, 0.4) is 0 Å². The molecule has 0 radical (unpaired) electrons. The lowest BCUT2D eigenvalue weighted by atomic mass is 10.3. The molecule has 4 nitrogen and oxygen atoms in total. The highest BCUT2D eigenvalue weighted by Gasteiger charge is 2.29. The minimum Gasteiger partial charge on any atom is -0.395 e. The summed E-state index contributed by atoms with van der Waals surface area (Å²) in [5, 5.41) is 10.1. The fourth-order valence-electron chi connectivity index (χ4n) is 1.31. The molecule has 2 atom stereocenters. The zero-order chi connectivity index (χ0) is 12.3. The van der Waals surface area contributed by atoms with Gasteiger partial charge in [-0.1, -0.05) is 6.07 Å². The zero-order valence-corrected chi connectivity index (χ0v) is 11.3. The minimum atomic E-state index is -3.42. The first kappa shape index (κ1) is 13.6. The SMILES string of the molecule is CC(c1cccs1)N(C)S(=O)(=O)C(C)CO. The van der Waals surface area contributed by atoms with E-state index >= 15 is 0 Å². The van der Waals surface area contributed by atoms with Crippen LogP contribution >= 0.6 is 11.3 Å². The van der Waals surface area contributed by atoms with E-state index in [1.165, 1.54) is 22.6 Å². The molecule has 92 valence electrons. The fourth-order valence-corrected chi connectivity index (χ4v) is 3.51. The molecule has 0 aliphatic heterocycles. The van der Waals surface area contributed by atoms with Crippen LogP contribution in [-0.4, -0.2) is 36.7 Å². The Morgan fingerprint density at radius 3 is 2.56 bits per heavy atom. The normalized spacial score (nSPS) is 16.3. The third-order valence-corrected chi connectivity index (χ3v) is 5.99. The van der Waals surface area contributed by atoms with E-state index in [2.05, 4.69) is 0 Å². The molecule has 1 rings (SSSR count). The molecule has 0 aliphatic carbocycles. The highest BCUT2D eigenvalue weighted by molar-refractivity contribution is 7.89. The fraction of sp³-hybridized carbons (Fsp3) is 0.600. The molecular weight excluding hydrogens is 246 g/mol. The molecule has 0 saturated heterocycles. The molecule has 0 spiro atoms. The molecule has 0 aliphatic rings. The Kier molecular flexibility index (Phi) is 4.49.